The molecular weight excluding hydrogens is 407 g/mol. The SMILES string of the molecule is NC(=O)CCOCCOCCOCCOCCNC(=O)CI. The lowest BCUT2D eigenvalue weighted by Crippen LogP contribution is -2.28. The van der Waals surface area contributed by atoms with Crippen LogP contribution in [-0.2, 0) is 28.5 Å². The fourth-order valence-corrected chi connectivity index (χ4v) is 1.51. The maximum atomic E-state index is 10.9. The summed E-state index contributed by atoms with van der Waals surface area (Å²) in [7, 11) is 0. The number of carbonyl (C=O) groups excluding carboxylic acids is 2. The third-order valence-corrected chi connectivity index (χ3v) is 2.99. The molecule has 0 atom stereocenters. The summed E-state index contributed by atoms with van der Waals surface area (Å²) in [5.41, 5.74) is 4.96. The van der Waals surface area contributed by atoms with E-state index in [4.69, 9.17) is 24.7 Å². The number of halogens is 1. The van der Waals surface area contributed by atoms with E-state index in [0.29, 0.717) is 63.8 Å². The third kappa shape index (κ3) is 17.6. The second kappa shape index (κ2) is 16.9. The predicted molar refractivity (Wildman–Crippen MR) is 89.0 cm³/mol. The highest BCUT2D eigenvalue weighted by Crippen LogP contribution is 1.85. The van der Waals surface area contributed by atoms with Gasteiger partial charge in [-0.25, -0.2) is 0 Å². The summed E-state index contributed by atoms with van der Waals surface area (Å²) >= 11 is 2.00. The molecule has 0 aromatic heterocycles. The standard InChI is InChI=1S/C13H25IN2O6/c14-11-13(18)16-2-4-20-6-8-22-10-9-21-7-5-19-3-1-12(15)17/h1-11H2,(H2,15,17)(H,16,18). The molecule has 130 valence electrons. The molecule has 0 spiro atoms. The van der Waals surface area contributed by atoms with Gasteiger partial charge in [-0.2, -0.15) is 0 Å². The van der Waals surface area contributed by atoms with Gasteiger partial charge in [0.1, 0.15) is 0 Å². The molecule has 3 N–H and O–H groups in total. The molecule has 0 bridgehead atoms. The number of nitrogens with two attached hydrogens (primary N) is 1. The molecule has 0 aromatic rings. The maximum absolute atomic E-state index is 10.9. The molecule has 9 heteroatoms. The Labute approximate surface area is 144 Å². The molecule has 22 heavy (non-hydrogen) atoms. The van der Waals surface area contributed by atoms with Gasteiger partial charge in [0.15, 0.2) is 0 Å². The van der Waals surface area contributed by atoms with Crippen LogP contribution in [0.4, 0.5) is 0 Å². The molecule has 0 aliphatic rings. The second-order valence-electron chi connectivity index (χ2n) is 4.15. The van der Waals surface area contributed by atoms with E-state index in [-0.39, 0.29) is 18.2 Å². The van der Waals surface area contributed by atoms with Gasteiger partial charge in [-0.3, -0.25) is 9.59 Å². The van der Waals surface area contributed by atoms with Crippen molar-refractivity contribution in [2.24, 2.45) is 5.73 Å². The molecule has 0 unspecified atom stereocenters. The van der Waals surface area contributed by atoms with E-state index in [9.17, 15) is 9.59 Å². The van der Waals surface area contributed by atoms with Crippen molar-refractivity contribution in [2.75, 3.05) is 63.8 Å². The minimum absolute atomic E-state index is 0.0104. The molecule has 0 aliphatic heterocycles. The van der Waals surface area contributed by atoms with Crippen LogP contribution in [0.1, 0.15) is 6.42 Å². The lowest BCUT2D eigenvalue weighted by Gasteiger charge is -2.07. The van der Waals surface area contributed by atoms with Gasteiger partial charge in [0.2, 0.25) is 11.8 Å². The zero-order valence-corrected chi connectivity index (χ0v) is 14.8. The molecule has 0 aliphatic carbocycles. The fourth-order valence-electron chi connectivity index (χ4n) is 1.24. The van der Waals surface area contributed by atoms with Crippen LogP contribution in [0, 0.1) is 0 Å². The van der Waals surface area contributed by atoms with Gasteiger partial charge in [0.25, 0.3) is 0 Å². The van der Waals surface area contributed by atoms with Crippen LogP contribution in [0.2, 0.25) is 0 Å². The molecular formula is C13H25IN2O6. The van der Waals surface area contributed by atoms with Crippen LogP contribution in [0.3, 0.4) is 0 Å². The van der Waals surface area contributed by atoms with Crippen molar-refractivity contribution in [1.29, 1.82) is 0 Å². The highest BCUT2D eigenvalue weighted by Gasteiger charge is 1.97. The normalized spacial score (nSPS) is 10.6. The summed E-state index contributed by atoms with van der Waals surface area (Å²) in [4.78, 5) is 21.3. The first-order valence-electron chi connectivity index (χ1n) is 7.08. The average Bonchev–Trinajstić information content (AvgIpc) is 2.50. The predicted octanol–water partition coefficient (Wildman–Crippen LogP) is -0.521. The highest BCUT2D eigenvalue weighted by atomic mass is 127. The van der Waals surface area contributed by atoms with Crippen LogP contribution in [0.5, 0.6) is 0 Å². The van der Waals surface area contributed by atoms with Gasteiger partial charge in [-0.05, 0) is 0 Å². The van der Waals surface area contributed by atoms with Crippen molar-refractivity contribution in [3.05, 3.63) is 0 Å². The number of carbonyl (C=O) groups is 2. The molecule has 0 saturated carbocycles. The van der Waals surface area contributed by atoms with Crippen LogP contribution in [0.25, 0.3) is 0 Å². The van der Waals surface area contributed by atoms with Crippen LogP contribution >= 0.6 is 22.6 Å². The first kappa shape index (κ1) is 21.5. The first-order chi connectivity index (χ1) is 10.7. The Morgan fingerprint density at radius 2 is 1.27 bits per heavy atom. The van der Waals surface area contributed by atoms with Crippen molar-refractivity contribution in [2.45, 2.75) is 6.42 Å². The summed E-state index contributed by atoms with van der Waals surface area (Å²) in [5, 5.41) is 2.71. The monoisotopic (exact) mass is 432 g/mol. The van der Waals surface area contributed by atoms with Crippen molar-refractivity contribution in [1.82, 2.24) is 5.32 Å². The van der Waals surface area contributed by atoms with Crippen molar-refractivity contribution in [3.63, 3.8) is 0 Å². The van der Waals surface area contributed by atoms with Gasteiger partial charge >= 0.3 is 0 Å². The zero-order chi connectivity index (χ0) is 16.5. The number of rotatable bonds is 16. The van der Waals surface area contributed by atoms with Gasteiger partial charge in [-0.15, -0.1) is 0 Å². The largest absolute Gasteiger partial charge is 0.379 e. The van der Waals surface area contributed by atoms with Crippen LogP contribution < -0.4 is 11.1 Å². The van der Waals surface area contributed by atoms with Gasteiger partial charge in [0, 0.05) is 13.0 Å². The Hall–Kier alpha value is -0.490. The summed E-state index contributed by atoms with van der Waals surface area (Å²) in [6.45, 7) is 4.13. The minimum Gasteiger partial charge on any atom is -0.379 e. The molecule has 0 aromatic carbocycles. The third-order valence-electron chi connectivity index (χ3n) is 2.30. The molecule has 0 fully saturated rings. The lowest BCUT2D eigenvalue weighted by atomic mass is 10.4. The number of primary amides is 1. The maximum Gasteiger partial charge on any atom is 0.229 e. The quantitative estimate of drug-likeness (QED) is 0.193. The van der Waals surface area contributed by atoms with E-state index in [2.05, 4.69) is 5.32 Å². The molecule has 2 amide bonds. The van der Waals surface area contributed by atoms with Crippen LogP contribution in [0.15, 0.2) is 0 Å². The number of hydrogen-bond donors (Lipinski definition) is 2. The van der Waals surface area contributed by atoms with Gasteiger partial charge in [-0.1, -0.05) is 22.6 Å². The Morgan fingerprint density at radius 3 is 1.73 bits per heavy atom. The Bertz CT molecular complexity index is 294. The van der Waals surface area contributed by atoms with Crippen LogP contribution in [-0.4, -0.2) is 75.6 Å². The topological polar surface area (TPSA) is 109 Å². The molecule has 0 rings (SSSR count). The van der Waals surface area contributed by atoms with E-state index < -0.39 is 0 Å². The molecule has 8 nitrogen and oxygen atoms in total. The fraction of sp³-hybridized carbons (Fsp3) is 0.846. The van der Waals surface area contributed by atoms with Gasteiger partial charge < -0.3 is 30.0 Å². The number of amides is 2. The van der Waals surface area contributed by atoms with Crippen molar-refractivity contribution < 1.29 is 28.5 Å². The minimum atomic E-state index is -0.371. The molecule has 0 heterocycles. The van der Waals surface area contributed by atoms with Crippen molar-refractivity contribution in [3.8, 4) is 0 Å². The Kier molecular flexibility index (Phi) is 16.5. The summed E-state index contributed by atoms with van der Waals surface area (Å²) in [6, 6.07) is 0. The Balaban J connectivity index is 3.02. The zero-order valence-electron chi connectivity index (χ0n) is 12.7. The number of hydrogen-bond acceptors (Lipinski definition) is 6. The van der Waals surface area contributed by atoms with E-state index in [1.807, 2.05) is 22.6 Å². The second-order valence-corrected chi connectivity index (χ2v) is 4.91. The summed E-state index contributed by atoms with van der Waals surface area (Å²) in [6.07, 6.45) is 0.227. The number of alkyl halides is 1. The smallest absolute Gasteiger partial charge is 0.229 e. The number of ether oxygens (including phenoxy) is 4. The summed E-state index contributed by atoms with van der Waals surface area (Å²) < 4.78 is 21.4. The Morgan fingerprint density at radius 1 is 0.818 bits per heavy atom. The first-order valence-corrected chi connectivity index (χ1v) is 8.61. The highest BCUT2D eigenvalue weighted by molar-refractivity contribution is 14.1. The van der Waals surface area contributed by atoms with Gasteiger partial charge in [0.05, 0.1) is 57.3 Å². The number of nitrogens with one attached hydrogen (secondary N) is 1. The molecule has 0 radical (unpaired) electrons. The van der Waals surface area contributed by atoms with E-state index in [0.717, 1.165) is 0 Å². The van der Waals surface area contributed by atoms with Crippen molar-refractivity contribution >= 4 is 34.4 Å². The van der Waals surface area contributed by atoms with E-state index in [1.165, 1.54) is 0 Å². The average molecular weight is 432 g/mol. The van der Waals surface area contributed by atoms with E-state index in [1.54, 1.807) is 0 Å². The lowest BCUT2D eigenvalue weighted by molar-refractivity contribution is -0.119. The summed E-state index contributed by atoms with van der Waals surface area (Å²) in [5.74, 6) is -0.361. The molecule has 0 saturated heterocycles. The van der Waals surface area contributed by atoms with E-state index >= 15 is 0 Å².